The summed E-state index contributed by atoms with van der Waals surface area (Å²) >= 11 is 0. The second-order valence-corrected chi connectivity index (χ2v) is 2.96. The fraction of sp³-hybridized carbons (Fsp3) is 0.182. The molecule has 2 nitrogen and oxygen atoms in total. The highest BCUT2D eigenvalue weighted by Crippen LogP contribution is 2.12. The van der Waals surface area contributed by atoms with Gasteiger partial charge in [0.25, 0.3) is 0 Å². The summed E-state index contributed by atoms with van der Waals surface area (Å²) in [6, 6.07) is 7.21. The summed E-state index contributed by atoms with van der Waals surface area (Å²) < 4.78 is 0. The van der Waals surface area contributed by atoms with Crippen molar-refractivity contribution in [2.24, 2.45) is 0 Å². The first-order valence-corrected chi connectivity index (χ1v) is 4.07. The van der Waals surface area contributed by atoms with Crippen molar-refractivity contribution in [2.75, 3.05) is 0 Å². The molecule has 13 heavy (non-hydrogen) atoms. The molecule has 0 amide bonds. The van der Waals surface area contributed by atoms with Crippen LogP contribution < -0.4 is 0 Å². The van der Waals surface area contributed by atoms with Gasteiger partial charge in [-0.25, -0.2) is 0 Å². The van der Waals surface area contributed by atoms with Crippen molar-refractivity contribution in [2.45, 2.75) is 13.3 Å². The number of aliphatic hydroxyl groups excluding tert-OH is 1. The number of allylic oxidation sites excluding steroid dienone is 1. The standard InChI is InChI=1S/C11H12O2/c1-8(12)7-10-5-3-4-6-11(10)9(2)13/h3-6,12H,1,7H2,2H3. The van der Waals surface area contributed by atoms with Crippen LogP contribution in [-0.2, 0) is 6.42 Å². The van der Waals surface area contributed by atoms with Crippen LogP contribution in [0.4, 0.5) is 0 Å². The molecule has 0 heterocycles. The Hall–Kier alpha value is -1.57. The molecule has 1 rings (SSSR count). The fourth-order valence-corrected chi connectivity index (χ4v) is 1.24. The van der Waals surface area contributed by atoms with Crippen molar-refractivity contribution < 1.29 is 9.90 Å². The van der Waals surface area contributed by atoms with Crippen LogP contribution in [0.25, 0.3) is 0 Å². The number of aliphatic hydroxyl groups is 1. The third kappa shape index (κ3) is 2.44. The molecule has 0 atom stereocenters. The number of carbonyl (C=O) groups excluding carboxylic acids is 1. The quantitative estimate of drug-likeness (QED) is 0.567. The third-order valence-electron chi connectivity index (χ3n) is 1.79. The monoisotopic (exact) mass is 176 g/mol. The van der Waals surface area contributed by atoms with Gasteiger partial charge in [-0.3, -0.25) is 4.79 Å². The van der Waals surface area contributed by atoms with Gasteiger partial charge < -0.3 is 5.11 Å². The highest BCUT2D eigenvalue weighted by atomic mass is 16.3. The van der Waals surface area contributed by atoms with Crippen LogP contribution in [0.2, 0.25) is 0 Å². The van der Waals surface area contributed by atoms with Gasteiger partial charge in [-0.2, -0.15) is 0 Å². The molecule has 1 N–H and O–H groups in total. The molecule has 0 aliphatic heterocycles. The smallest absolute Gasteiger partial charge is 0.160 e. The van der Waals surface area contributed by atoms with Crippen LogP contribution in [0.3, 0.4) is 0 Å². The maximum atomic E-state index is 11.1. The highest BCUT2D eigenvalue weighted by Gasteiger charge is 2.06. The maximum absolute atomic E-state index is 11.1. The summed E-state index contributed by atoms with van der Waals surface area (Å²) in [7, 11) is 0. The Morgan fingerprint density at radius 3 is 2.62 bits per heavy atom. The zero-order chi connectivity index (χ0) is 9.84. The minimum atomic E-state index is 0.0110. The molecule has 0 saturated carbocycles. The van der Waals surface area contributed by atoms with Crippen molar-refractivity contribution in [3.8, 4) is 0 Å². The highest BCUT2D eigenvalue weighted by molar-refractivity contribution is 5.95. The SMILES string of the molecule is C=C(O)Cc1ccccc1C(C)=O. The van der Waals surface area contributed by atoms with Crippen molar-refractivity contribution in [3.05, 3.63) is 47.7 Å². The first-order valence-electron chi connectivity index (χ1n) is 4.07. The molecule has 0 unspecified atom stereocenters. The second-order valence-electron chi connectivity index (χ2n) is 2.96. The van der Waals surface area contributed by atoms with Crippen LogP contribution >= 0.6 is 0 Å². The summed E-state index contributed by atoms with van der Waals surface area (Å²) in [5, 5.41) is 9.01. The lowest BCUT2D eigenvalue weighted by atomic mass is 10.0. The lowest BCUT2D eigenvalue weighted by molar-refractivity contribution is 0.101. The first kappa shape index (κ1) is 9.52. The van der Waals surface area contributed by atoms with Gasteiger partial charge in [0.15, 0.2) is 5.78 Å². The predicted octanol–water partition coefficient (Wildman–Crippen LogP) is 2.50. The molecule has 0 aromatic heterocycles. The molecule has 0 saturated heterocycles. The molecule has 1 aromatic rings. The van der Waals surface area contributed by atoms with Crippen LogP contribution in [-0.4, -0.2) is 10.9 Å². The van der Waals surface area contributed by atoms with Gasteiger partial charge in [0.1, 0.15) is 0 Å². The fourth-order valence-electron chi connectivity index (χ4n) is 1.24. The van der Waals surface area contributed by atoms with E-state index in [-0.39, 0.29) is 11.5 Å². The van der Waals surface area contributed by atoms with Crippen molar-refractivity contribution in [1.82, 2.24) is 0 Å². The Labute approximate surface area is 77.5 Å². The number of benzene rings is 1. The Bertz CT molecular complexity index is 340. The molecule has 0 radical (unpaired) electrons. The normalized spacial score (nSPS) is 9.62. The maximum Gasteiger partial charge on any atom is 0.160 e. The van der Waals surface area contributed by atoms with E-state index in [1.54, 1.807) is 12.1 Å². The van der Waals surface area contributed by atoms with E-state index in [1.165, 1.54) is 6.92 Å². The van der Waals surface area contributed by atoms with Gasteiger partial charge in [0.05, 0.1) is 5.76 Å². The van der Waals surface area contributed by atoms with E-state index in [4.69, 9.17) is 5.11 Å². The Morgan fingerprint density at radius 2 is 2.08 bits per heavy atom. The molecular weight excluding hydrogens is 164 g/mol. The zero-order valence-corrected chi connectivity index (χ0v) is 7.58. The topological polar surface area (TPSA) is 37.3 Å². The van der Waals surface area contributed by atoms with Gasteiger partial charge in [-0.05, 0) is 12.5 Å². The lowest BCUT2D eigenvalue weighted by Gasteiger charge is -2.04. The van der Waals surface area contributed by atoms with E-state index < -0.39 is 0 Å². The summed E-state index contributed by atoms with van der Waals surface area (Å²) in [4.78, 5) is 11.1. The van der Waals surface area contributed by atoms with Gasteiger partial charge in [0.2, 0.25) is 0 Å². The average Bonchev–Trinajstić information content (AvgIpc) is 2.03. The van der Waals surface area contributed by atoms with Crippen LogP contribution in [0.1, 0.15) is 22.8 Å². The minimum absolute atomic E-state index is 0.0110. The summed E-state index contributed by atoms with van der Waals surface area (Å²) in [5.74, 6) is 0.0885. The van der Waals surface area contributed by atoms with E-state index in [9.17, 15) is 4.79 Å². The van der Waals surface area contributed by atoms with Crippen molar-refractivity contribution >= 4 is 5.78 Å². The minimum Gasteiger partial charge on any atom is -0.513 e. The molecule has 0 aliphatic rings. The van der Waals surface area contributed by atoms with E-state index in [2.05, 4.69) is 6.58 Å². The van der Waals surface area contributed by atoms with E-state index >= 15 is 0 Å². The van der Waals surface area contributed by atoms with Crippen molar-refractivity contribution in [1.29, 1.82) is 0 Å². The first-order chi connectivity index (χ1) is 6.11. The number of ketones is 1. The average molecular weight is 176 g/mol. The summed E-state index contributed by atoms with van der Waals surface area (Å²) in [5.41, 5.74) is 1.47. The summed E-state index contributed by atoms with van der Waals surface area (Å²) in [6.07, 6.45) is 0.343. The number of carbonyl (C=O) groups is 1. The summed E-state index contributed by atoms with van der Waals surface area (Å²) in [6.45, 7) is 4.91. The van der Waals surface area contributed by atoms with Gasteiger partial charge in [-0.1, -0.05) is 30.8 Å². The lowest BCUT2D eigenvalue weighted by Crippen LogP contribution is -2.00. The Balaban J connectivity index is 3.04. The van der Waals surface area contributed by atoms with Crippen LogP contribution in [0.5, 0.6) is 0 Å². The van der Waals surface area contributed by atoms with Crippen molar-refractivity contribution in [3.63, 3.8) is 0 Å². The molecule has 0 bridgehead atoms. The van der Waals surface area contributed by atoms with Gasteiger partial charge in [0, 0.05) is 12.0 Å². The Kier molecular flexibility index (Phi) is 2.85. The molecule has 68 valence electrons. The second kappa shape index (κ2) is 3.90. The molecule has 2 heteroatoms. The molecule has 0 spiro atoms. The molecule has 0 fully saturated rings. The van der Waals surface area contributed by atoms with Crippen LogP contribution in [0, 0.1) is 0 Å². The molecule has 1 aromatic carbocycles. The van der Waals surface area contributed by atoms with Crippen LogP contribution in [0.15, 0.2) is 36.6 Å². The number of rotatable bonds is 3. The van der Waals surface area contributed by atoms with Gasteiger partial charge >= 0.3 is 0 Å². The van der Waals surface area contributed by atoms with E-state index in [0.717, 1.165) is 5.56 Å². The molecule has 0 aliphatic carbocycles. The third-order valence-corrected chi connectivity index (χ3v) is 1.79. The number of Topliss-reactive ketones (excluding diaryl/α,β-unsaturated/α-hetero) is 1. The predicted molar refractivity (Wildman–Crippen MR) is 51.9 cm³/mol. The number of hydrogen-bond donors (Lipinski definition) is 1. The van der Waals surface area contributed by atoms with Gasteiger partial charge in [-0.15, -0.1) is 0 Å². The molecular formula is C11H12O2. The van der Waals surface area contributed by atoms with E-state index in [1.807, 2.05) is 12.1 Å². The van der Waals surface area contributed by atoms with E-state index in [0.29, 0.717) is 12.0 Å². The number of hydrogen-bond acceptors (Lipinski definition) is 2. The zero-order valence-electron chi connectivity index (χ0n) is 7.58. The largest absolute Gasteiger partial charge is 0.513 e. The Morgan fingerprint density at radius 1 is 1.46 bits per heavy atom.